The minimum atomic E-state index is 0.266. The van der Waals surface area contributed by atoms with Gasteiger partial charge in [-0.15, -0.1) is 0 Å². The number of nitrogens with zero attached hydrogens (tertiary/aromatic N) is 2. The number of hydrogen-bond acceptors (Lipinski definition) is 4. The van der Waals surface area contributed by atoms with Crippen LogP contribution < -0.4 is 10.5 Å². The van der Waals surface area contributed by atoms with Gasteiger partial charge in [0.05, 0.1) is 0 Å². The molecule has 0 aliphatic carbocycles. The summed E-state index contributed by atoms with van der Waals surface area (Å²) in [7, 11) is 0. The quantitative estimate of drug-likeness (QED) is 0.797. The van der Waals surface area contributed by atoms with Crippen molar-refractivity contribution >= 4 is 5.69 Å². The molecule has 1 aromatic carbocycles. The summed E-state index contributed by atoms with van der Waals surface area (Å²) < 4.78 is 5.60. The average molecular weight is 225 g/mol. The highest BCUT2D eigenvalue weighted by Crippen LogP contribution is 2.25. The Labute approximate surface area is 99.3 Å². The normalized spacial score (nSPS) is 9.65. The first kappa shape index (κ1) is 11.0. The van der Waals surface area contributed by atoms with Gasteiger partial charge in [-0.3, -0.25) is 0 Å². The summed E-state index contributed by atoms with van der Waals surface area (Å²) in [5.41, 5.74) is 7.63. The van der Waals surface area contributed by atoms with Gasteiger partial charge >= 0.3 is 0 Å². The lowest BCUT2D eigenvalue weighted by Gasteiger charge is -2.08. The van der Waals surface area contributed by atoms with Crippen molar-refractivity contribution in [1.29, 1.82) is 5.26 Å². The molecule has 0 radical (unpaired) electrons. The maximum atomic E-state index is 8.88. The first-order chi connectivity index (χ1) is 8.20. The number of anilines is 1. The number of ether oxygens (including phenoxy) is 1. The van der Waals surface area contributed by atoms with Crippen LogP contribution in [-0.4, -0.2) is 4.98 Å². The maximum Gasteiger partial charge on any atom is 0.183 e. The Bertz CT molecular complexity index is 587. The average Bonchev–Trinajstić information content (AvgIpc) is 2.34. The highest BCUT2D eigenvalue weighted by Gasteiger charge is 2.05. The van der Waals surface area contributed by atoms with Crippen LogP contribution in [0.5, 0.6) is 11.5 Å². The number of nitrogens with two attached hydrogens (primary N) is 1. The standard InChI is InChI=1S/C13H11N3O/c1-9-7-10(4-5-11(9)15)17-13-3-2-6-16-12(13)8-14/h2-7H,15H2,1H3. The molecule has 0 saturated carbocycles. The predicted molar refractivity (Wildman–Crippen MR) is 64.6 cm³/mol. The highest BCUT2D eigenvalue weighted by atomic mass is 16.5. The molecule has 4 nitrogen and oxygen atoms in total. The molecule has 17 heavy (non-hydrogen) atoms. The summed E-state index contributed by atoms with van der Waals surface area (Å²) in [6.45, 7) is 1.90. The van der Waals surface area contributed by atoms with Gasteiger partial charge in [0.2, 0.25) is 0 Å². The molecule has 2 N–H and O–H groups in total. The fourth-order valence-electron chi connectivity index (χ4n) is 1.40. The molecule has 0 bridgehead atoms. The van der Waals surface area contributed by atoms with Crippen molar-refractivity contribution in [3.63, 3.8) is 0 Å². The summed E-state index contributed by atoms with van der Waals surface area (Å²) in [5.74, 6) is 1.08. The molecule has 0 fully saturated rings. The summed E-state index contributed by atoms with van der Waals surface area (Å²) in [5, 5.41) is 8.88. The summed E-state index contributed by atoms with van der Waals surface area (Å²) >= 11 is 0. The lowest BCUT2D eigenvalue weighted by molar-refractivity contribution is 0.478. The topological polar surface area (TPSA) is 71.9 Å². The van der Waals surface area contributed by atoms with Crippen molar-refractivity contribution in [2.75, 3.05) is 5.73 Å². The molecule has 0 saturated heterocycles. The second kappa shape index (κ2) is 4.54. The molecule has 0 amide bonds. The van der Waals surface area contributed by atoms with E-state index in [1.165, 1.54) is 0 Å². The largest absolute Gasteiger partial charge is 0.454 e. The molecule has 0 aliphatic heterocycles. The molecule has 2 aromatic rings. The number of nitriles is 1. The third-order valence-corrected chi connectivity index (χ3v) is 2.35. The van der Waals surface area contributed by atoms with Crippen LogP contribution in [-0.2, 0) is 0 Å². The molecule has 1 aromatic heterocycles. The van der Waals surface area contributed by atoms with Crippen LogP contribution in [0.25, 0.3) is 0 Å². The van der Waals surface area contributed by atoms with E-state index in [-0.39, 0.29) is 5.69 Å². The Morgan fingerprint density at radius 2 is 2.18 bits per heavy atom. The molecular weight excluding hydrogens is 214 g/mol. The van der Waals surface area contributed by atoms with Gasteiger partial charge in [0.25, 0.3) is 0 Å². The second-order valence-corrected chi connectivity index (χ2v) is 3.58. The Kier molecular flexibility index (Phi) is 2.93. The molecule has 0 atom stereocenters. The molecule has 0 aliphatic rings. The van der Waals surface area contributed by atoms with Gasteiger partial charge in [0, 0.05) is 11.9 Å². The lowest BCUT2D eigenvalue weighted by Crippen LogP contribution is -1.93. The van der Waals surface area contributed by atoms with Crippen molar-refractivity contribution < 1.29 is 4.74 Å². The van der Waals surface area contributed by atoms with Crippen LogP contribution in [0.1, 0.15) is 11.3 Å². The molecule has 1 heterocycles. The number of benzene rings is 1. The number of nitrogen functional groups attached to an aromatic ring is 1. The molecule has 84 valence electrons. The Hall–Kier alpha value is -2.54. The summed E-state index contributed by atoms with van der Waals surface area (Å²) in [6, 6.07) is 10.8. The number of rotatable bonds is 2. The molecule has 2 rings (SSSR count). The van der Waals surface area contributed by atoms with Crippen LogP contribution in [0.15, 0.2) is 36.5 Å². The van der Waals surface area contributed by atoms with E-state index in [1.54, 1.807) is 30.5 Å². The SMILES string of the molecule is Cc1cc(Oc2cccnc2C#N)ccc1N. The summed E-state index contributed by atoms with van der Waals surface area (Å²) in [6.07, 6.45) is 1.56. The molecule has 0 unspecified atom stereocenters. The van der Waals surface area contributed by atoms with Gasteiger partial charge in [0.1, 0.15) is 11.8 Å². The van der Waals surface area contributed by atoms with Gasteiger partial charge in [-0.05, 0) is 42.8 Å². The fourth-order valence-corrected chi connectivity index (χ4v) is 1.40. The van der Waals surface area contributed by atoms with Crippen LogP contribution in [0.3, 0.4) is 0 Å². The van der Waals surface area contributed by atoms with Crippen molar-refractivity contribution in [3.8, 4) is 17.6 Å². The zero-order valence-electron chi connectivity index (χ0n) is 9.34. The third-order valence-electron chi connectivity index (χ3n) is 2.35. The smallest absolute Gasteiger partial charge is 0.183 e. The second-order valence-electron chi connectivity index (χ2n) is 3.58. The van der Waals surface area contributed by atoms with Gasteiger partial charge in [-0.2, -0.15) is 5.26 Å². The minimum Gasteiger partial charge on any atom is -0.454 e. The number of hydrogen-bond donors (Lipinski definition) is 1. The summed E-state index contributed by atoms with van der Waals surface area (Å²) in [4.78, 5) is 3.92. The predicted octanol–water partition coefficient (Wildman–Crippen LogP) is 2.64. The van der Waals surface area contributed by atoms with Gasteiger partial charge in [0.15, 0.2) is 11.4 Å². The lowest BCUT2D eigenvalue weighted by atomic mass is 10.2. The van der Waals surface area contributed by atoms with Crippen molar-refractivity contribution in [3.05, 3.63) is 47.8 Å². The Morgan fingerprint density at radius 3 is 2.88 bits per heavy atom. The van der Waals surface area contributed by atoms with Crippen LogP contribution >= 0.6 is 0 Å². The fraction of sp³-hybridized carbons (Fsp3) is 0.0769. The van der Waals surface area contributed by atoms with E-state index in [0.29, 0.717) is 17.2 Å². The van der Waals surface area contributed by atoms with Crippen LogP contribution in [0.2, 0.25) is 0 Å². The monoisotopic (exact) mass is 225 g/mol. The van der Waals surface area contributed by atoms with Crippen LogP contribution in [0, 0.1) is 18.3 Å². The van der Waals surface area contributed by atoms with E-state index in [0.717, 1.165) is 5.56 Å². The molecule has 4 heteroatoms. The maximum absolute atomic E-state index is 8.88. The van der Waals surface area contributed by atoms with E-state index >= 15 is 0 Å². The van der Waals surface area contributed by atoms with Crippen molar-refractivity contribution in [1.82, 2.24) is 4.98 Å². The van der Waals surface area contributed by atoms with E-state index in [4.69, 9.17) is 15.7 Å². The van der Waals surface area contributed by atoms with Crippen molar-refractivity contribution in [2.24, 2.45) is 0 Å². The molecular formula is C13H11N3O. The number of pyridine rings is 1. The Balaban J connectivity index is 2.32. The zero-order chi connectivity index (χ0) is 12.3. The minimum absolute atomic E-state index is 0.266. The molecule has 0 spiro atoms. The van der Waals surface area contributed by atoms with Gasteiger partial charge < -0.3 is 10.5 Å². The van der Waals surface area contributed by atoms with Gasteiger partial charge in [-0.25, -0.2) is 4.98 Å². The number of aromatic nitrogens is 1. The third kappa shape index (κ3) is 2.34. The Morgan fingerprint density at radius 1 is 1.35 bits per heavy atom. The first-order valence-electron chi connectivity index (χ1n) is 5.10. The van der Waals surface area contributed by atoms with E-state index < -0.39 is 0 Å². The number of aryl methyl sites for hydroxylation is 1. The highest BCUT2D eigenvalue weighted by molar-refractivity contribution is 5.51. The van der Waals surface area contributed by atoms with Crippen molar-refractivity contribution in [2.45, 2.75) is 6.92 Å². The zero-order valence-corrected chi connectivity index (χ0v) is 9.34. The van der Waals surface area contributed by atoms with Gasteiger partial charge in [-0.1, -0.05) is 0 Å². The first-order valence-corrected chi connectivity index (χ1v) is 5.10. The van der Waals surface area contributed by atoms with E-state index in [9.17, 15) is 0 Å². The van der Waals surface area contributed by atoms with E-state index in [2.05, 4.69) is 4.98 Å². The van der Waals surface area contributed by atoms with E-state index in [1.807, 2.05) is 19.1 Å². The van der Waals surface area contributed by atoms with Crippen LogP contribution in [0.4, 0.5) is 5.69 Å².